The highest BCUT2D eigenvalue weighted by Gasteiger charge is 2.55. The van der Waals surface area contributed by atoms with Crippen LogP contribution in [0.2, 0.25) is 0 Å². The maximum absolute atomic E-state index is 13.6. The molecule has 0 radical (unpaired) electrons. The average molecular weight is 435 g/mol. The van der Waals surface area contributed by atoms with E-state index in [1.807, 2.05) is 4.90 Å². The zero-order chi connectivity index (χ0) is 21.8. The van der Waals surface area contributed by atoms with Crippen molar-refractivity contribution >= 4 is 11.8 Å². The van der Waals surface area contributed by atoms with Crippen LogP contribution in [-0.4, -0.2) is 47.8 Å². The van der Waals surface area contributed by atoms with Crippen molar-refractivity contribution in [2.24, 2.45) is 23.2 Å². The quantitative estimate of drug-likeness (QED) is 0.683. The molecule has 4 aliphatic carbocycles. The average Bonchev–Trinajstić information content (AvgIpc) is 2.97. The van der Waals surface area contributed by atoms with Gasteiger partial charge < -0.3 is 9.80 Å². The van der Waals surface area contributed by atoms with Gasteiger partial charge in [-0.1, -0.05) is 0 Å². The predicted molar refractivity (Wildman–Crippen MR) is 109 cm³/mol. The molecule has 168 valence electrons. The highest BCUT2D eigenvalue weighted by molar-refractivity contribution is 5.94. The van der Waals surface area contributed by atoms with Crippen LogP contribution in [0.1, 0.15) is 60.9 Å². The fourth-order valence-corrected chi connectivity index (χ4v) is 7.02. The summed E-state index contributed by atoms with van der Waals surface area (Å²) >= 11 is 0. The van der Waals surface area contributed by atoms with E-state index in [1.54, 1.807) is 4.90 Å². The van der Waals surface area contributed by atoms with Crippen molar-refractivity contribution in [2.45, 2.75) is 51.1 Å². The standard InChI is InChI=1S/C24H29F3N2O2/c25-24(26,27)20-4-2-19(3-5-20)21(30)28-6-1-7-29(9-8-28)22(31)23-13-16-10-17(14-23)12-18(11-16)15-23/h2-5,16-18H,1,6-15H2. The topological polar surface area (TPSA) is 40.6 Å². The molecule has 4 saturated carbocycles. The summed E-state index contributed by atoms with van der Waals surface area (Å²) in [6.07, 6.45) is 3.26. The van der Waals surface area contributed by atoms with E-state index in [1.165, 1.54) is 31.4 Å². The van der Waals surface area contributed by atoms with Crippen LogP contribution in [0.4, 0.5) is 13.2 Å². The van der Waals surface area contributed by atoms with Crippen LogP contribution in [0.15, 0.2) is 24.3 Å². The van der Waals surface area contributed by atoms with E-state index in [0.717, 1.165) is 31.4 Å². The molecule has 0 aromatic heterocycles. The highest BCUT2D eigenvalue weighted by Crippen LogP contribution is 2.60. The van der Waals surface area contributed by atoms with Gasteiger partial charge >= 0.3 is 6.18 Å². The van der Waals surface area contributed by atoms with Crippen molar-refractivity contribution in [3.63, 3.8) is 0 Å². The third-order valence-electron chi connectivity index (χ3n) is 8.02. The maximum atomic E-state index is 13.6. The van der Waals surface area contributed by atoms with Crippen molar-refractivity contribution < 1.29 is 22.8 Å². The van der Waals surface area contributed by atoms with Crippen molar-refractivity contribution in [3.8, 4) is 0 Å². The summed E-state index contributed by atoms with van der Waals surface area (Å²) in [6.45, 7) is 2.10. The van der Waals surface area contributed by atoms with Crippen molar-refractivity contribution in [1.29, 1.82) is 0 Å². The van der Waals surface area contributed by atoms with E-state index in [-0.39, 0.29) is 22.8 Å². The molecule has 0 spiro atoms. The summed E-state index contributed by atoms with van der Waals surface area (Å²) in [5.74, 6) is 2.15. The summed E-state index contributed by atoms with van der Waals surface area (Å²) in [5.41, 5.74) is -0.678. The zero-order valence-electron chi connectivity index (χ0n) is 17.7. The molecule has 1 aromatic carbocycles. The third kappa shape index (κ3) is 3.85. The molecule has 1 heterocycles. The van der Waals surface area contributed by atoms with Crippen LogP contribution >= 0.6 is 0 Å². The fourth-order valence-electron chi connectivity index (χ4n) is 7.02. The molecule has 7 heteroatoms. The number of carbonyl (C=O) groups is 2. The SMILES string of the molecule is O=C(c1ccc(C(F)(F)F)cc1)N1CCCN(C(=O)C23CC4CC(CC(C4)C2)C3)CC1. The molecular formula is C24H29F3N2O2. The summed E-state index contributed by atoms with van der Waals surface area (Å²) < 4.78 is 38.4. The second-order valence-electron chi connectivity index (χ2n) is 10.2. The van der Waals surface area contributed by atoms with E-state index < -0.39 is 11.7 Å². The lowest BCUT2D eigenvalue weighted by atomic mass is 9.49. The van der Waals surface area contributed by atoms with E-state index in [2.05, 4.69) is 0 Å². The molecule has 1 aliphatic heterocycles. The van der Waals surface area contributed by atoms with Crippen molar-refractivity contribution in [2.75, 3.05) is 26.2 Å². The minimum absolute atomic E-state index is 0.179. The van der Waals surface area contributed by atoms with Crippen LogP contribution in [0.25, 0.3) is 0 Å². The molecule has 2 amide bonds. The van der Waals surface area contributed by atoms with Gasteiger partial charge in [-0.25, -0.2) is 0 Å². The van der Waals surface area contributed by atoms with Gasteiger partial charge in [0.2, 0.25) is 5.91 Å². The number of rotatable bonds is 2. The highest BCUT2D eigenvalue weighted by atomic mass is 19.4. The summed E-state index contributed by atoms with van der Waals surface area (Å²) in [5, 5.41) is 0. The molecular weight excluding hydrogens is 405 g/mol. The Morgan fingerprint density at radius 2 is 1.32 bits per heavy atom. The lowest BCUT2D eigenvalue weighted by molar-refractivity contribution is -0.157. The van der Waals surface area contributed by atoms with E-state index >= 15 is 0 Å². The van der Waals surface area contributed by atoms with Gasteiger partial charge in [-0.15, -0.1) is 0 Å². The number of benzene rings is 1. The Kier molecular flexibility index (Phi) is 5.05. The largest absolute Gasteiger partial charge is 0.416 e. The molecule has 4 bridgehead atoms. The van der Waals surface area contributed by atoms with Gasteiger partial charge in [0, 0.05) is 31.7 Å². The maximum Gasteiger partial charge on any atom is 0.416 e. The van der Waals surface area contributed by atoms with Gasteiger partial charge in [0.15, 0.2) is 0 Å². The van der Waals surface area contributed by atoms with Gasteiger partial charge in [-0.2, -0.15) is 13.2 Å². The van der Waals surface area contributed by atoms with Gasteiger partial charge in [-0.05, 0) is 87.0 Å². The van der Waals surface area contributed by atoms with Crippen LogP contribution in [-0.2, 0) is 11.0 Å². The Labute approximate surface area is 180 Å². The Hall–Kier alpha value is -2.05. The zero-order valence-corrected chi connectivity index (χ0v) is 17.7. The number of alkyl halides is 3. The Morgan fingerprint density at radius 1 is 0.806 bits per heavy atom. The van der Waals surface area contributed by atoms with Gasteiger partial charge in [0.05, 0.1) is 11.0 Å². The Morgan fingerprint density at radius 3 is 1.87 bits per heavy atom. The minimum Gasteiger partial charge on any atom is -0.340 e. The third-order valence-corrected chi connectivity index (χ3v) is 8.02. The summed E-state index contributed by atoms with van der Waals surface area (Å²) in [6, 6.07) is 4.39. The molecule has 5 fully saturated rings. The number of halogens is 3. The molecule has 0 unspecified atom stereocenters. The van der Waals surface area contributed by atoms with Gasteiger partial charge in [0.1, 0.15) is 0 Å². The summed E-state index contributed by atoms with van der Waals surface area (Å²) in [7, 11) is 0. The Balaban J connectivity index is 1.24. The normalized spacial score (nSPS) is 32.8. The minimum atomic E-state index is -4.41. The first kappa shape index (κ1) is 20.8. The van der Waals surface area contributed by atoms with Crippen LogP contribution < -0.4 is 0 Å². The first-order chi connectivity index (χ1) is 14.7. The van der Waals surface area contributed by atoms with Gasteiger partial charge in [-0.3, -0.25) is 9.59 Å². The van der Waals surface area contributed by atoms with Crippen molar-refractivity contribution in [1.82, 2.24) is 9.80 Å². The summed E-state index contributed by atoms with van der Waals surface area (Å²) in [4.78, 5) is 30.1. The molecule has 31 heavy (non-hydrogen) atoms. The molecule has 6 rings (SSSR count). The molecule has 1 aromatic rings. The van der Waals surface area contributed by atoms with Crippen LogP contribution in [0.3, 0.4) is 0 Å². The van der Waals surface area contributed by atoms with E-state index in [4.69, 9.17) is 0 Å². The molecule has 1 saturated heterocycles. The molecule has 0 atom stereocenters. The number of nitrogens with zero attached hydrogens (tertiary/aromatic N) is 2. The van der Waals surface area contributed by atoms with E-state index in [0.29, 0.717) is 50.4 Å². The number of carbonyl (C=O) groups excluding carboxylic acids is 2. The number of hydrogen-bond donors (Lipinski definition) is 0. The second kappa shape index (κ2) is 7.52. The fraction of sp³-hybridized carbons (Fsp3) is 0.667. The van der Waals surface area contributed by atoms with E-state index in [9.17, 15) is 22.8 Å². The number of hydrogen-bond acceptors (Lipinski definition) is 2. The lowest BCUT2D eigenvalue weighted by Crippen LogP contribution is -2.55. The first-order valence-corrected chi connectivity index (χ1v) is 11.5. The van der Waals surface area contributed by atoms with Gasteiger partial charge in [0.25, 0.3) is 5.91 Å². The Bertz CT molecular complexity index is 829. The monoisotopic (exact) mass is 434 g/mol. The smallest absolute Gasteiger partial charge is 0.340 e. The number of amides is 2. The molecule has 0 N–H and O–H groups in total. The second-order valence-corrected chi connectivity index (χ2v) is 10.2. The molecule has 5 aliphatic rings. The lowest BCUT2D eigenvalue weighted by Gasteiger charge is -2.56. The predicted octanol–water partition coefficient (Wildman–Crippen LogP) is 4.60. The molecule has 4 nitrogen and oxygen atoms in total. The van der Waals surface area contributed by atoms with Crippen LogP contribution in [0.5, 0.6) is 0 Å². The van der Waals surface area contributed by atoms with Crippen molar-refractivity contribution in [3.05, 3.63) is 35.4 Å². The first-order valence-electron chi connectivity index (χ1n) is 11.5. The van der Waals surface area contributed by atoms with Crippen LogP contribution in [0, 0.1) is 23.2 Å².